The maximum Gasteiger partial charge on any atom is 0.161 e. The quantitative estimate of drug-likeness (QED) is 0.149. The van der Waals surface area contributed by atoms with Crippen LogP contribution in [0, 0.1) is 0 Å². The second-order valence-electron chi connectivity index (χ2n) is 10.5. The van der Waals surface area contributed by atoms with E-state index in [1.807, 2.05) is 84.2 Å². The van der Waals surface area contributed by atoms with Gasteiger partial charge in [0.05, 0.1) is 15.9 Å². The monoisotopic (exact) mass is 602 g/mol. The van der Waals surface area contributed by atoms with Gasteiger partial charge in [-0.3, -0.25) is 0 Å². The van der Waals surface area contributed by atoms with Crippen LogP contribution in [-0.4, -0.2) is 23.0 Å². The fourth-order valence-corrected chi connectivity index (χ4v) is 8.48. The molecule has 0 bridgehead atoms. The molecule has 6 heteroatoms. The highest BCUT2D eigenvalue weighted by Crippen LogP contribution is 2.55. The van der Waals surface area contributed by atoms with E-state index >= 15 is 0 Å². The molecular weight excluding hydrogens is 577 g/mol. The fourth-order valence-electron chi connectivity index (χ4n) is 5.92. The van der Waals surface area contributed by atoms with Crippen LogP contribution < -0.4 is 0 Å². The van der Waals surface area contributed by atoms with Gasteiger partial charge in [-0.2, -0.15) is 0 Å². The number of hydrogen-bond donors (Lipinski definition) is 0. The molecule has 6 aromatic carbocycles. The normalized spacial score (nSPS) is 13.3. The Bertz CT molecular complexity index is 2270. The maximum absolute atomic E-state index is 5.21. The highest BCUT2D eigenvalue weighted by molar-refractivity contribution is 8.05. The second-order valence-corrected chi connectivity index (χ2v) is 12.6. The van der Waals surface area contributed by atoms with Crippen molar-refractivity contribution in [2.24, 2.45) is 15.0 Å². The number of fused-ring (bicyclic) bond motifs is 9. The van der Waals surface area contributed by atoms with Crippen LogP contribution in [0.15, 0.2) is 168 Å². The van der Waals surface area contributed by atoms with Gasteiger partial charge < -0.3 is 4.57 Å². The van der Waals surface area contributed by atoms with E-state index in [1.165, 1.54) is 46.6 Å². The van der Waals surface area contributed by atoms with Crippen molar-refractivity contribution < 1.29 is 0 Å². The first-order chi connectivity index (χ1) is 21.8. The molecule has 7 aromatic rings. The average Bonchev–Trinajstić information content (AvgIpc) is 3.43. The summed E-state index contributed by atoms with van der Waals surface area (Å²) in [5.41, 5.74) is 4.18. The Kier molecular flexibility index (Phi) is 6.86. The minimum Gasteiger partial charge on any atom is -0.319 e. The molecule has 0 saturated carbocycles. The van der Waals surface area contributed by atoms with Gasteiger partial charge in [0.1, 0.15) is 6.67 Å². The number of hydrogen-bond acceptors (Lipinski definition) is 3. The predicted octanol–water partition coefficient (Wildman–Crippen LogP) is 10.1. The predicted molar refractivity (Wildman–Crippen MR) is 187 cm³/mol. The van der Waals surface area contributed by atoms with Gasteiger partial charge in [0, 0.05) is 36.6 Å². The first kappa shape index (κ1) is 26.7. The van der Waals surface area contributed by atoms with E-state index in [9.17, 15) is 0 Å². The van der Waals surface area contributed by atoms with E-state index in [0.29, 0.717) is 18.3 Å². The van der Waals surface area contributed by atoms with Crippen LogP contribution in [0.25, 0.3) is 32.6 Å². The molecule has 0 atom stereocenters. The van der Waals surface area contributed by atoms with Gasteiger partial charge in [-0.05, 0) is 35.7 Å². The van der Waals surface area contributed by atoms with Gasteiger partial charge in [-0.15, -0.1) is 0 Å². The number of amidine groups is 2. The summed E-state index contributed by atoms with van der Waals surface area (Å²) in [6, 6.07) is 46.2. The zero-order valence-electron chi connectivity index (χ0n) is 23.7. The molecule has 0 N–H and O–H groups in total. The largest absolute Gasteiger partial charge is 0.319 e. The lowest BCUT2D eigenvalue weighted by molar-refractivity contribution is 0.784. The zero-order valence-corrected chi connectivity index (χ0v) is 25.4. The summed E-state index contributed by atoms with van der Waals surface area (Å²) in [4.78, 5) is 19.6. The van der Waals surface area contributed by atoms with E-state index in [-0.39, 0.29) is 0 Å². The van der Waals surface area contributed by atoms with Gasteiger partial charge in [0.2, 0.25) is 0 Å². The highest BCUT2D eigenvalue weighted by atomic mass is 32.2. The number of nitrogens with zero attached hydrogens (tertiary/aromatic N) is 4. The van der Waals surface area contributed by atoms with Crippen molar-refractivity contribution in [2.75, 3.05) is 0 Å². The molecule has 0 radical (unpaired) electrons. The Hall–Kier alpha value is -4.91. The lowest BCUT2D eigenvalue weighted by atomic mass is 10.0. The third-order valence-corrected chi connectivity index (χ3v) is 10.5. The summed E-state index contributed by atoms with van der Waals surface area (Å²) in [6.07, 6.45) is 0. The molecular formula is C38H26N4S2. The molecule has 0 spiro atoms. The summed E-state index contributed by atoms with van der Waals surface area (Å²) in [5.74, 6) is 1.16. The van der Waals surface area contributed by atoms with Gasteiger partial charge in [-0.25, -0.2) is 15.0 Å². The van der Waals surface area contributed by atoms with Gasteiger partial charge >= 0.3 is 0 Å². The van der Waals surface area contributed by atoms with E-state index in [2.05, 4.69) is 89.1 Å². The Morgan fingerprint density at radius 1 is 0.568 bits per heavy atom. The second kappa shape index (κ2) is 11.3. The van der Waals surface area contributed by atoms with Gasteiger partial charge in [-0.1, -0.05) is 139 Å². The molecule has 0 aliphatic carbocycles. The SMILES string of the molecule is C=NC(=N/C(=N\Cn1c2ccccc2c2c3ccccc3c3c(c21)Sc1ccccc1S3)c1ccccc1)c1ccccc1. The van der Waals surface area contributed by atoms with Crippen molar-refractivity contribution >= 4 is 74.5 Å². The summed E-state index contributed by atoms with van der Waals surface area (Å²) in [7, 11) is 0. The Morgan fingerprint density at radius 2 is 1.11 bits per heavy atom. The minimum atomic E-state index is 0.397. The molecule has 44 heavy (non-hydrogen) atoms. The number of aromatic nitrogens is 1. The molecule has 1 aromatic heterocycles. The first-order valence-electron chi connectivity index (χ1n) is 14.4. The summed E-state index contributed by atoms with van der Waals surface area (Å²) < 4.78 is 2.36. The van der Waals surface area contributed by atoms with Gasteiger partial charge in [0.15, 0.2) is 11.7 Å². The molecule has 8 rings (SSSR count). The maximum atomic E-state index is 5.21. The zero-order chi connectivity index (χ0) is 29.5. The van der Waals surface area contributed by atoms with Crippen molar-refractivity contribution in [3.8, 4) is 0 Å². The van der Waals surface area contributed by atoms with Crippen LogP contribution in [-0.2, 0) is 6.67 Å². The molecule has 1 aliphatic rings. The van der Waals surface area contributed by atoms with Crippen molar-refractivity contribution in [2.45, 2.75) is 26.3 Å². The average molecular weight is 603 g/mol. The van der Waals surface area contributed by atoms with E-state index in [4.69, 9.17) is 9.98 Å². The van der Waals surface area contributed by atoms with Crippen LogP contribution >= 0.6 is 23.5 Å². The number of benzene rings is 6. The topological polar surface area (TPSA) is 42.0 Å². The van der Waals surface area contributed by atoms with Crippen LogP contribution in [0.3, 0.4) is 0 Å². The van der Waals surface area contributed by atoms with Crippen molar-refractivity contribution in [1.29, 1.82) is 0 Å². The van der Waals surface area contributed by atoms with Crippen molar-refractivity contribution in [3.05, 3.63) is 145 Å². The molecule has 1 aliphatic heterocycles. The van der Waals surface area contributed by atoms with Crippen LogP contribution in [0.4, 0.5) is 0 Å². The Balaban J connectivity index is 1.38. The fraction of sp³-hybridized carbons (Fsp3) is 0.0263. The Labute approximate surface area is 263 Å². The third-order valence-electron chi connectivity index (χ3n) is 7.89. The Morgan fingerprint density at radius 3 is 1.80 bits per heavy atom. The lowest BCUT2D eigenvalue weighted by Gasteiger charge is -2.22. The van der Waals surface area contributed by atoms with E-state index < -0.39 is 0 Å². The number of rotatable bonds is 4. The van der Waals surface area contributed by atoms with Crippen molar-refractivity contribution in [1.82, 2.24) is 4.57 Å². The summed E-state index contributed by atoms with van der Waals surface area (Å²) in [6.45, 7) is 4.22. The summed E-state index contributed by atoms with van der Waals surface area (Å²) in [5, 5.41) is 5.03. The standard InChI is InChI=1S/C38H26N4S2/c1-39-37(25-14-4-2-5-15-25)41-38(26-16-6-3-7-17-26)40-24-42-30-21-11-10-20-29(30)33-27-18-8-9-19-28(27)35-36(34(33)42)44-32-23-13-12-22-31(32)43-35/h2-23H,1,24H2/b40-38-,41-37?. The molecule has 0 unspecified atom stereocenters. The van der Waals surface area contributed by atoms with Crippen molar-refractivity contribution in [3.63, 3.8) is 0 Å². The molecule has 210 valence electrons. The van der Waals surface area contributed by atoms with E-state index in [0.717, 1.165) is 16.6 Å². The summed E-state index contributed by atoms with van der Waals surface area (Å²) >= 11 is 3.72. The van der Waals surface area contributed by atoms with E-state index in [1.54, 1.807) is 0 Å². The van der Waals surface area contributed by atoms with Crippen LogP contribution in [0.5, 0.6) is 0 Å². The van der Waals surface area contributed by atoms with Crippen LogP contribution in [0.2, 0.25) is 0 Å². The third kappa shape index (κ3) is 4.55. The van der Waals surface area contributed by atoms with Gasteiger partial charge in [0.25, 0.3) is 0 Å². The molecule has 0 fully saturated rings. The molecule has 0 saturated heterocycles. The molecule has 4 nitrogen and oxygen atoms in total. The number of para-hydroxylation sites is 1. The highest BCUT2D eigenvalue weighted by Gasteiger charge is 2.26. The molecule has 2 heterocycles. The molecule has 0 amide bonds. The lowest BCUT2D eigenvalue weighted by Crippen LogP contribution is -2.07. The minimum absolute atomic E-state index is 0.397. The first-order valence-corrected chi connectivity index (χ1v) is 16.0. The number of aliphatic imine (C=N–C) groups is 3. The smallest absolute Gasteiger partial charge is 0.161 e. The van der Waals surface area contributed by atoms with Crippen LogP contribution in [0.1, 0.15) is 11.1 Å².